The average molecular weight is 421 g/mol. The number of aromatic nitrogens is 1. The second-order valence-corrected chi connectivity index (χ2v) is 8.64. The van der Waals surface area contributed by atoms with Gasteiger partial charge in [0, 0.05) is 32.0 Å². The third-order valence-corrected chi connectivity index (χ3v) is 6.57. The van der Waals surface area contributed by atoms with Crippen molar-refractivity contribution in [1.29, 1.82) is 0 Å². The van der Waals surface area contributed by atoms with Gasteiger partial charge in [-0.2, -0.15) is 0 Å². The van der Waals surface area contributed by atoms with Crippen LogP contribution in [-0.2, 0) is 16.0 Å². The van der Waals surface area contributed by atoms with Crippen LogP contribution in [0, 0.1) is 5.92 Å². The molecule has 6 nitrogen and oxygen atoms in total. The van der Waals surface area contributed by atoms with Crippen molar-refractivity contribution in [2.75, 3.05) is 32.7 Å². The Balaban J connectivity index is 1.50. The maximum absolute atomic E-state index is 13.3. The number of pyridine rings is 1. The number of carbonyl (C=O) groups excluding carboxylic acids is 2. The summed E-state index contributed by atoms with van der Waals surface area (Å²) in [6.07, 6.45) is 7.74. The van der Waals surface area contributed by atoms with Gasteiger partial charge in [0.15, 0.2) is 0 Å². The molecule has 3 heterocycles. The smallest absolute Gasteiger partial charge is 0.239 e. The molecule has 2 saturated heterocycles. The molecule has 4 rings (SSSR count). The first-order valence-corrected chi connectivity index (χ1v) is 11.4. The van der Waals surface area contributed by atoms with Gasteiger partial charge in [0.25, 0.3) is 0 Å². The Kier molecular flexibility index (Phi) is 6.97. The van der Waals surface area contributed by atoms with E-state index in [9.17, 15) is 9.59 Å². The van der Waals surface area contributed by atoms with Crippen molar-refractivity contribution >= 4 is 11.8 Å². The standard InChI is InChI=1S/C25H32N4O2/c1-19(28-14-5-2-6-15-28)25(31)29-16-13-27-24(30)22(18-29)17-21-7-3-4-8-23(21)20-9-11-26-12-10-20/h3-4,7-12,19,22H,2,5-6,13-18H2,1H3,(H,27,30)/t19-,22-/m1/s1. The van der Waals surface area contributed by atoms with Gasteiger partial charge in [-0.25, -0.2) is 0 Å². The summed E-state index contributed by atoms with van der Waals surface area (Å²) in [4.78, 5) is 34.4. The molecule has 31 heavy (non-hydrogen) atoms. The van der Waals surface area contributed by atoms with Crippen molar-refractivity contribution in [2.45, 2.75) is 38.6 Å². The third kappa shape index (κ3) is 5.13. The van der Waals surface area contributed by atoms with Crippen LogP contribution in [0.25, 0.3) is 11.1 Å². The lowest BCUT2D eigenvalue weighted by Crippen LogP contribution is -2.50. The van der Waals surface area contributed by atoms with Crippen LogP contribution >= 0.6 is 0 Å². The number of piperidine rings is 1. The number of benzene rings is 1. The van der Waals surface area contributed by atoms with E-state index < -0.39 is 0 Å². The zero-order chi connectivity index (χ0) is 21.6. The Bertz CT molecular complexity index is 895. The van der Waals surface area contributed by atoms with E-state index in [1.807, 2.05) is 36.1 Å². The van der Waals surface area contributed by atoms with Crippen LogP contribution in [0.1, 0.15) is 31.7 Å². The topological polar surface area (TPSA) is 65.5 Å². The molecule has 0 spiro atoms. The molecule has 0 radical (unpaired) electrons. The summed E-state index contributed by atoms with van der Waals surface area (Å²) >= 11 is 0. The maximum atomic E-state index is 13.3. The molecule has 6 heteroatoms. The lowest BCUT2D eigenvalue weighted by Gasteiger charge is -2.35. The average Bonchev–Trinajstić information content (AvgIpc) is 3.01. The molecule has 0 bridgehead atoms. The normalized spacial score (nSPS) is 21.3. The summed E-state index contributed by atoms with van der Waals surface area (Å²) in [5.74, 6) is -0.0840. The number of rotatable bonds is 5. The monoisotopic (exact) mass is 420 g/mol. The van der Waals surface area contributed by atoms with Gasteiger partial charge in [0.05, 0.1) is 12.0 Å². The second kappa shape index (κ2) is 10.1. The molecule has 2 aliphatic heterocycles. The fourth-order valence-electron chi connectivity index (χ4n) is 4.76. The number of nitrogens with one attached hydrogen (secondary N) is 1. The van der Waals surface area contributed by atoms with Crippen molar-refractivity contribution in [3.8, 4) is 11.1 Å². The predicted octanol–water partition coefficient (Wildman–Crippen LogP) is 2.74. The van der Waals surface area contributed by atoms with E-state index in [1.54, 1.807) is 12.4 Å². The van der Waals surface area contributed by atoms with Gasteiger partial charge in [0.1, 0.15) is 0 Å². The van der Waals surface area contributed by atoms with E-state index >= 15 is 0 Å². The first-order chi connectivity index (χ1) is 15.1. The molecular weight excluding hydrogens is 388 g/mol. The number of carbonyl (C=O) groups is 2. The molecule has 0 unspecified atom stereocenters. The number of hydrogen-bond donors (Lipinski definition) is 1. The first-order valence-electron chi connectivity index (χ1n) is 11.4. The van der Waals surface area contributed by atoms with Gasteiger partial charge in [-0.3, -0.25) is 19.5 Å². The van der Waals surface area contributed by atoms with Crippen molar-refractivity contribution in [1.82, 2.24) is 20.1 Å². The maximum Gasteiger partial charge on any atom is 0.239 e. The number of hydrogen-bond acceptors (Lipinski definition) is 4. The Hall–Kier alpha value is -2.73. The molecule has 2 aromatic rings. The van der Waals surface area contributed by atoms with Crippen molar-refractivity contribution < 1.29 is 9.59 Å². The quantitative estimate of drug-likeness (QED) is 0.808. The summed E-state index contributed by atoms with van der Waals surface area (Å²) in [6.45, 7) is 5.54. The molecular formula is C25H32N4O2. The lowest BCUT2D eigenvalue weighted by atomic mass is 9.91. The second-order valence-electron chi connectivity index (χ2n) is 8.64. The summed E-state index contributed by atoms with van der Waals surface area (Å²) in [5.41, 5.74) is 3.32. The highest BCUT2D eigenvalue weighted by Gasteiger charge is 2.32. The largest absolute Gasteiger partial charge is 0.354 e. The first kappa shape index (κ1) is 21.5. The highest BCUT2D eigenvalue weighted by atomic mass is 16.2. The van der Waals surface area contributed by atoms with E-state index in [1.165, 1.54) is 6.42 Å². The Morgan fingerprint density at radius 1 is 1.10 bits per heavy atom. The van der Waals surface area contributed by atoms with Gasteiger partial charge in [-0.1, -0.05) is 30.7 Å². The van der Waals surface area contributed by atoms with Gasteiger partial charge in [-0.15, -0.1) is 0 Å². The van der Waals surface area contributed by atoms with Gasteiger partial charge in [0.2, 0.25) is 11.8 Å². The summed E-state index contributed by atoms with van der Waals surface area (Å²) in [5, 5.41) is 3.02. The zero-order valence-corrected chi connectivity index (χ0v) is 18.3. The Morgan fingerprint density at radius 2 is 1.84 bits per heavy atom. The summed E-state index contributed by atoms with van der Waals surface area (Å²) in [7, 11) is 0. The molecule has 1 aromatic heterocycles. The molecule has 0 saturated carbocycles. The molecule has 0 aliphatic carbocycles. The van der Waals surface area contributed by atoms with E-state index in [4.69, 9.17) is 0 Å². The van der Waals surface area contributed by atoms with Crippen LogP contribution in [0.3, 0.4) is 0 Å². The SMILES string of the molecule is C[C@H](C(=O)N1CCNC(=O)[C@H](Cc2ccccc2-c2ccncc2)C1)N1CCCCC1. The molecule has 2 aliphatic rings. The van der Waals surface area contributed by atoms with Gasteiger partial charge < -0.3 is 10.2 Å². The summed E-state index contributed by atoms with van der Waals surface area (Å²) in [6, 6.07) is 12.0. The van der Waals surface area contributed by atoms with Crippen LogP contribution < -0.4 is 5.32 Å². The van der Waals surface area contributed by atoms with Gasteiger partial charge in [-0.05, 0) is 68.1 Å². The van der Waals surface area contributed by atoms with Gasteiger partial charge >= 0.3 is 0 Å². The highest BCUT2D eigenvalue weighted by Crippen LogP contribution is 2.26. The highest BCUT2D eigenvalue weighted by molar-refractivity contribution is 5.84. The molecule has 2 fully saturated rings. The molecule has 164 valence electrons. The Labute approximate surface area is 184 Å². The van der Waals surface area contributed by atoms with Crippen LogP contribution in [0.15, 0.2) is 48.8 Å². The van der Waals surface area contributed by atoms with Crippen molar-refractivity contribution in [2.24, 2.45) is 5.92 Å². The van der Waals surface area contributed by atoms with E-state index in [0.717, 1.165) is 42.6 Å². The minimum atomic E-state index is -0.261. The van der Waals surface area contributed by atoms with Crippen LogP contribution in [0.4, 0.5) is 0 Å². The molecule has 2 atom stereocenters. The number of amides is 2. The van der Waals surface area contributed by atoms with E-state index in [-0.39, 0.29) is 23.8 Å². The molecule has 1 N–H and O–H groups in total. The van der Waals surface area contributed by atoms with E-state index in [0.29, 0.717) is 26.1 Å². The van der Waals surface area contributed by atoms with Crippen molar-refractivity contribution in [3.63, 3.8) is 0 Å². The van der Waals surface area contributed by atoms with Crippen LogP contribution in [0.2, 0.25) is 0 Å². The molecule has 1 aromatic carbocycles. The lowest BCUT2D eigenvalue weighted by molar-refractivity contribution is -0.137. The minimum Gasteiger partial charge on any atom is -0.354 e. The van der Waals surface area contributed by atoms with Crippen LogP contribution in [0.5, 0.6) is 0 Å². The van der Waals surface area contributed by atoms with E-state index in [2.05, 4.69) is 27.3 Å². The minimum absolute atomic E-state index is 0.0328. The fourth-order valence-corrected chi connectivity index (χ4v) is 4.76. The predicted molar refractivity (Wildman–Crippen MR) is 121 cm³/mol. The third-order valence-electron chi connectivity index (χ3n) is 6.57. The van der Waals surface area contributed by atoms with Crippen LogP contribution in [-0.4, -0.2) is 65.4 Å². The van der Waals surface area contributed by atoms with Crippen molar-refractivity contribution in [3.05, 3.63) is 54.4 Å². The number of nitrogens with zero attached hydrogens (tertiary/aromatic N) is 3. The molecule has 2 amide bonds. The fraction of sp³-hybridized carbons (Fsp3) is 0.480. The zero-order valence-electron chi connectivity index (χ0n) is 18.3. The Morgan fingerprint density at radius 3 is 2.61 bits per heavy atom. The summed E-state index contributed by atoms with van der Waals surface area (Å²) < 4.78 is 0. The number of likely N-dealkylation sites (tertiary alicyclic amines) is 1.